The fourth-order valence-corrected chi connectivity index (χ4v) is 7.26. The summed E-state index contributed by atoms with van der Waals surface area (Å²) in [4.78, 5) is 96.8. The van der Waals surface area contributed by atoms with E-state index in [1.165, 1.54) is 12.3 Å². The van der Waals surface area contributed by atoms with Crippen molar-refractivity contribution < 1.29 is 33.6 Å². The van der Waals surface area contributed by atoms with Crippen LogP contribution in [-0.4, -0.2) is 112 Å². The molecule has 0 saturated carbocycles. The maximum atomic E-state index is 13.3. The van der Waals surface area contributed by atoms with Gasteiger partial charge in [-0.05, 0) is 70.2 Å². The lowest BCUT2D eigenvalue weighted by molar-refractivity contribution is -0.116. The summed E-state index contributed by atoms with van der Waals surface area (Å²) >= 11 is 0. The first kappa shape index (κ1) is 48.3. The van der Waals surface area contributed by atoms with Crippen LogP contribution in [0.15, 0.2) is 73.7 Å². The van der Waals surface area contributed by atoms with Crippen LogP contribution in [0.5, 0.6) is 0 Å². The number of aryl methyl sites for hydroxylation is 6. The largest absolute Gasteiger partial charge is 0.351 e. The zero-order valence-corrected chi connectivity index (χ0v) is 38.8. The molecule has 0 radical (unpaired) electrons. The molecule has 22 nitrogen and oxygen atoms in total. The van der Waals surface area contributed by atoms with Gasteiger partial charge in [0.2, 0.25) is 5.91 Å². The summed E-state index contributed by atoms with van der Waals surface area (Å²) in [6, 6.07) is 7.79. The van der Waals surface area contributed by atoms with Gasteiger partial charge in [-0.15, -0.1) is 0 Å². The molecule has 0 fully saturated rings. The maximum Gasteiger partial charge on any atom is 0.291 e. The number of imidazole rings is 1. The lowest BCUT2D eigenvalue weighted by atomic mass is 10.2. The summed E-state index contributed by atoms with van der Waals surface area (Å²) in [6.07, 6.45) is 13.2. The molecule has 0 bridgehead atoms. The molecule has 6 rings (SSSR count). The number of anilines is 5. The molecule has 0 spiro atoms. The molecule has 22 heteroatoms. The highest BCUT2D eigenvalue weighted by Gasteiger charge is 2.21. The topological polar surface area (TPSA) is 249 Å². The second-order valence-corrected chi connectivity index (χ2v) is 16.5. The Morgan fingerprint density at radius 3 is 1.19 bits per heavy atom. The maximum absolute atomic E-state index is 13.3. The minimum atomic E-state index is -0.456. The molecular formula is C45H57N15O7. The number of rotatable bonds is 20. The number of hydrogen-bond acceptors (Lipinski definition) is 9. The van der Waals surface area contributed by atoms with Crippen molar-refractivity contribution in [2.24, 2.45) is 42.3 Å². The van der Waals surface area contributed by atoms with Crippen LogP contribution < -0.4 is 37.2 Å². The van der Waals surface area contributed by atoms with Gasteiger partial charge in [0.15, 0.2) is 5.82 Å². The van der Waals surface area contributed by atoms with Crippen molar-refractivity contribution in [3.05, 3.63) is 108 Å². The first-order valence-corrected chi connectivity index (χ1v) is 21.4. The Labute approximate surface area is 386 Å². The Balaban J connectivity index is 0.913. The van der Waals surface area contributed by atoms with E-state index >= 15 is 0 Å². The van der Waals surface area contributed by atoms with Crippen molar-refractivity contribution in [3.63, 3.8) is 0 Å². The number of carbonyl (C=O) groups is 7. The van der Waals surface area contributed by atoms with E-state index in [4.69, 9.17) is 0 Å². The molecule has 0 unspecified atom stereocenters. The minimum Gasteiger partial charge on any atom is -0.351 e. The van der Waals surface area contributed by atoms with E-state index in [-0.39, 0.29) is 47.0 Å². The van der Waals surface area contributed by atoms with Crippen LogP contribution in [-0.2, 0) is 47.1 Å². The van der Waals surface area contributed by atoms with Crippen LogP contribution in [0.2, 0.25) is 0 Å². The minimum absolute atomic E-state index is 0.170. The number of nitrogens with one attached hydrogen (secondary N) is 7. The fourth-order valence-electron chi connectivity index (χ4n) is 7.26. The zero-order chi connectivity index (χ0) is 48.5. The van der Waals surface area contributed by atoms with Crippen LogP contribution in [0.1, 0.15) is 88.7 Å². The van der Waals surface area contributed by atoms with E-state index < -0.39 is 23.6 Å². The van der Waals surface area contributed by atoms with Crippen molar-refractivity contribution in [1.29, 1.82) is 0 Å². The van der Waals surface area contributed by atoms with Gasteiger partial charge in [-0.25, -0.2) is 4.98 Å². The van der Waals surface area contributed by atoms with E-state index in [0.717, 1.165) is 13.0 Å². The van der Waals surface area contributed by atoms with Crippen LogP contribution in [0.3, 0.4) is 0 Å². The van der Waals surface area contributed by atoms with E-state index in [9.17, 15) is 33.6 Å². The lowest BCUT2D eigenvalue weighted by Crippen LogP contribution is -2.28. The van der Waals surface area contributed by atoms with Crippen molar-refractivity contribution in [2.75, 3.05) is 60.3 Å². The molecule has 7 N–H and O–H groups in total. The summed E-state index contributed by atoms with van der Waals surface area (Å²) in [7, 11) is 14.1. The summed E-state index contributed by atoms with van der Waals surface area (Å²) in [5.41, 5.74) is 3.61. The average Bonchev–Trinajstić information content (AvgIpc) is 4.13. The number of unbranched alkanes of at least 4 members (excludes halogenated alkanes) is 1. The summed E-state index contributed by atoms with van der Waals surface area (Å²) < 4.78 is 9.54. The quantitative estimate of drug-likeness (QED) is 0.0555. The van der Waals surface area contributed by atoms with Gasteiger partial charge in [0.1, 0.15) is 28.5 Å². The van der Waals surface area contributed by atoms with Crippen LogP contribution >= 0.6 is 0 Å². The monoisotopic (exact) mass is 919 g/mol. The molecular weight excluding hydrogens is 863 g/mol. The van der Waals surface area contributed by atoms with Gasteiger partial charge in [0, 0.05) is 105 Å². The molecule has 0 aliphatic heterocycles. The summed E-state index contributed by atoms with van der Waals surface area (Å²) in [6.45, 7) is 1.67. The molecule has 6 aromatic rings. The predicted molar refractivity (Wildman–Crippen MR) is 252 cm³/mol. The Morgan fingerprint density at radius 1 is 0.463 bits per heavy atom. The van der Waals surface area contributed by atoms with E-state index in [1.807, 2.05) is 19.0 Å². The van der Waals surface area contributed by atoms with E-state index in [0.29, 0.717) is 65.8 Å². The molecule has 0 aliphatic rings. The highest BCUT2D eigenvalue weighted by atomic mass is 16.2. The Morgan fingerprint density at radius 2 is 0.821 bits per heavy atom. The highest BCUT2D eigenvalue weighted by molar-refractivity contribution is 6.08. The number of aromatic nitrogens is 7. The Bertz CT molecular complexity index is 2810. The Hall–Kier alpha value is -8.14. The van der Waals surface area contributed by atoms with Gasteiger partial charge in [-0.2, -0.15) is 0 Å². The third-order valence-corrected chi connectivity index (χ3v) is 10.7. The van der Waals surface area contributed by atoms with Crippen molar-refractivity contribution in [1.82, 2.24) is 47.9 Å². The van der Waals surface area contributed by atoms with Gasteiger partial charge in [0.25, 0.3) is 35.4 Å². The second kappa shape index (κ2) is 21.2. The molecule has 0 saturated heterocycles. The summed E-state index contributed by atoms with van der Waals surface area (Å²) in [5.74, 6) is -2.39. The number of hydrogen-bond donors (Lipinski definition) is 7. The summed E-state index contributed by atoms with van der Waals surface area (Å²) in [5, 5.41) is 19.7. The van der Waals surface area contributed by atoms with E-state index in [2.05, 4.69) is 42.2 Å². The standard InChI is InChI=1S/C45H57N15O7/c1-54(2)16-11-14-48-41(63)34-20-30(25-57(34)5)50-43(65)36-21-31(26-59(36)7)52-42(64)35-18-28(23-58(35)6)49-38(61)12-9-10-13-47-40(62)33-19-29(24-56(33)4)51-44(66)37-22-32(27-60(37)8)53-45(67)39-46-15-17-55(39)3/h15,17-27H,9-14,16H2,1-8H3,(H,47,62)(H,48,63)(H,49,61)(H,50,65)(H,51,66)(H,52,64)(H,53,67). The molecule has 0 aliphatic carbocycles. The second-order valence-electron chi connectivity index (χ2n) is 16.5. The fraction of sp³-hybridized carbons (Fsp3) is 0.333. The third kappa shape index (κ3) is 12.4. The first-order valence-electron chi connectivity index (χ1n) is 21.4. The zero-order valence-electron chi connectivity index (χ0n) is 38.8. The van der Waals surface area contributed by atoms with Crippen LogP contribution in [0.4, 0.5) is 28.4 Å². The van der Waals surface area contributed by atoms with Gasteiger partial charge >= 0.3 is 0 Å². The van der Waals surface area contributed by atoms with Gasteiger partial charge in [-0.3, -0.25) is 33.6 Å². The van der Waals surface area contributed by atoms with Crippen molar-refractivity contribution in [3.8, 4) is 0 Å². The molecule has 6 aromatic heterocycles. The van der Waals surface area contributed by atoms with Crippen molar-refractivity contribution in [2.45, 2.75) is 25.7 Å². The van der Waals surface area contributed by atoms with E-state index in [1.54, 1.807) is 131 Å². The van der Waals surface area contributed by atoms with Gasteiger partial charge in [-0.1, -0.05) is 0 Å². The number of amides is 7. The average molecular weight is 920 g/mol. The normalized spacial score (nSPS) is 11.1. The Kier molecular flexibility index (Phi) is 15.3. The van der Waals surface area contributed by atoms with Gasteiger partial charge < -0.3 is 69.5 Å². The predicted octanol–water partition coefficient (Wildman–Crippen LogP) is 3.34. The van der Waals surface area contributed by atoms with Crippen LogP contribution in [0.25, 0.3) is 0 Å². The highest BCUT2D eigenvalue weighted by Crippen LogP contribution is 2.21. The number of nitrogens with zero attached hydrogens (tertiary/aromatic N) is 8. The molecule has 7 amide bonds. The molecule has 67 heavy (non-hydrogen) atoms. The lowest BCUT2D eigenvalue weighted by Gasteiger charge is -2.10. The third-order valence-electron chi connectivity index (χ3n) is 10.7. The van der Waals surface area contributed by atoms with Crippen LogP contribution in [0, 0.1) is 0 Å². The first-order chi connectivity index (χ1) is 31.9. The molecule has 354 valence electrons. The van der Waals surface area contributed by atoms with Gasteiger partial charge in [0.05, 0.1) is 28.4 Å². The molecule has 0 atom stereocenters. The smallest absolute Gasteiger partial charge is 0.291 e. The van der Waals surface area contributed by atoms with Crippen molar-refractivity contribution >= 4 is 69.8 Å². The molecule has 0 aromatic carbocycles. The SMILES string of the molecule is CN(C)CCCNC(=O)c1cc(NC(=O)c2cc(NC(=O)c3cc(NC(=O)CCCCNC(=O)c4cc(NC(=O)c5cc(NC(=O)c6nccn6C)cn5C)cn4C)cn3C)cn2C)cn1C. The number of carbonyl (C=O) groups excluding carboxylic acids is 7. The molecule has 6 heterocycles.